The van der Waals surface area contributed by atoms with Gasteiger partial charge in [-0.25, -0.2) is 4.79 Å². The van der Waals surface area contributed by atoms with E-state index in [0.29, 0.717) is 23.7 Å². The standard InChI is InChI=1S/C21H19ClN2O3/c1-14(25)23-11-10-16-13-24-20-8-7-18(12-19(16)20)27-21(26)9-4-15-2-5-17(22)6-3-15/h2-9,12-13,24H,10-11H2,1H3,(H,23,25)/b9-4+. The molecule has 1 amide bonds. The highest BCUT2D eigenvalue weighted by Gasteiger charge is 2.07. The van der Waals surface area contributed by atoms with Gasteiger partial charge in [0.05, 0.1) is 0 Å². The molecule has 2 aromatic carbocycles. The normalized spacial score (nSPS) is 11.0. The van der Waals surface area contributed by atoms with E-state index >= 15 is 0 Å². The summed E-state index contributed by atoms with van der Waals surface area (Å²) in [5.74, 6) is -0.0507. The van der Waals surface area contributed by atoms with Crippen LogP contribution in [0.2, 0.25) is 5.02 Å². The number of hydrogen-bond acceptors (Lipinski definition) is 3. The van der Waals surface area contributed by atoms with Crippen molar-refractivity contribution in [1.82, 2.24) is 10.3 Å². The molecule has 1 heterocycles. The predicted molar refractivity (Wildman–Crippen MR) is 107 cm³/mol. The Morgan fingerprint density at radius 3 is 2.70 bits per heavy atom. The smallest absolute Gasteiger partial charge is 0.336 e. The van der Waals surface area contributed by atoms with E-state index in [0.717, 1.165) is 22.0 Å². The van der Waals surface area contributed by atoms with Crippen LogP contribution in [0.3, 0.4) is 0 Å². The van der Waals surface area contributed by atoms with Crippen LogP contribution in [0.1, 0.15) is 18.1 Å². The highest BCUT2D eigenvalue weighted by Crippen LogP contribution is 2.24. The Labute approximate surface area is 162 Å². The number of benzene rings is 2. The predicted octanol–water partition coefficient (Wildman–Crippen LogP) is 4.12. The molecule has 2 N–H and O–H groups in total. The number of rotatable bonds is 6. The van der Waals surface area contributed by atoms with Gasteiger partial charge in [-0.1, -0.05) is 23.7 Å². The number of H-pyrrole nitrogens is 1. The summed E-state index contributed by atoms with van der Waals surface area (Å²) in [5.41, 5.74) is 2.86. The minimum Gasteiger partial charge on any atom is -0.423 e. The Hall–Kier alpha value is -3.05. The number of halogens is 1. The molecule has 0 fully saturated rings. The maximum Gasteiger partial charge on any atom is 0.336 e. The lowest BCUT2D eigenvalue weighted by Crippen LogP contribution is -2.22. The van der Waals surface area contributed by atoms with E-state index < -0.39 is 5.97 Å². The van der Waals surface area contributed by atoms with Gasteiger partial charge in [0.15, 0.2) is 0 Å². The fourth-order valence-corrected chi connectivity index (χ4v) is 2.82. The Balaban J connectivity index is 1.68. The molecule has 5 nitrogen and oxygen atoms in total. The quantitative estimate of drug-likeness (QED) is 0.382. The summed E-state index contributed by atoms with van der Waals surface area (Å²) in [4.78, 5) is 26.3. The Kier molecular flexibility index (Phi) is 5.94. The number of hydrogen-bond donors (Lipinski definition) is 2. The molecule has 0 saturated heterocycles. The first-order valence-electron chi connectivity index (χ1n) is 8.51. The van der Waals surface area contributed by atoms with Crippen LogP contribution in [0, 0.1) is 0 Å². The van der Waals surface area contributed by atoms with Gasteiger partial charge in [0.2, 0.25) is 5.91 Å². The third-order valence-electron chi connectivity index (χ3n) is 4.01. The molecule has 0 bridgehead atoms. The van der Waals surface area contributed by atoms with E-state index in [2.05, 4.69) is 10.3 Å². The maximum absolute atomic E-state index is 12.1. The van der Waals surface area contributed by atoms with Crippen LogP contribution in [0.5, 0.6) is 5.75 Å². The zero-order valence-electron chi connectivity index (χ0n) is 14.8. The van der Waals surface area contributed by atoms with Crippen molar-refractivity contribution in [2.45, 2.75) is 13.3 Å². The third-order valence-corrected chi connectivity index (χ3v) is 4.26. The van der Waals surface area contributed by atoms with E-state index in [1.165, 1.54) is 13.0 Å². The highest BCUT2D eigenvalue weighted by atomic mass is 35.5. The first-order chi connectivity index (χ1) is 13.0. The minimum atomic E-state index is -0.459. The minimum absolute atomic E-state index is 0.0584. The number of amides is 1. The van der Waals surface area contributed by atoms with E-state index in [4.69, 9.17) is 16.3 Å². The number of carbonyl (C=O) groups excluding carboxylic acids is 2. The first kappa shape index (κ1) is 18.7. The molecule has 0 unspecified atom stereocenters. The van der Waals surface area contributed by atoms with Crippen molar-refractivity contribution in [3.8, 4) is 5.75 Å². The molecule has 3 rings (SSSR count). The maximum atomic E-state index is 12.1. The molecule has 0 saturated carbocycles. The van der Waals surface area contributed by atoms with Crippen LogP contribution >= 0.6 is 11.6 Å². The molecule has 0 spiro atoms. The fourth-order valence-electron chi connectivity index (χ4n) is 2.69. The number of nitrogens with one attached hydrogen (secondary N) is 2. The molecule has 1 aromatic heterocycles. The average Bonchev–Trinajstić information content (AvgIpc) is 3.03. The monoisotopic (exact) mass is 382 g/mol. The van der Waals surface area contributed by atoms with Gasteiger partial charge in [0.1, 0.15) is 5.75 Å². The summed E-state index contributed by atoms with van der Waals surface area (Å²) in [5, 5.41) is 4.38. The van der Waals surface area contributed by atoms with Gasteiger partial charge < -0.3 is 15.0 Å². The lowest BCUT2D eigenvalue weighted by molar-refractivity contribution is -0.128. The summed E-state index contributed by atoms with van der Waals surface area (Å²) < 4.78 is 5.40. The van der Waals surface area contributed by atoms with Crippen molar-refractivity contribution in [3.05, 3.63) is 70.9 Å². The Morgan fingerprint density at radius 1 is 1.19 bits per heavy atom. The number of aromatic amines is 1. The van der Waals surface area contributed by atoms with Crippen molar-refractivity contribution in [1.29, 1.82) is 0 Å². The zero-order chi connectivity index (χ0) is 19.2. The number of aromatic nitrogens is 1. The number of ether oxygens (including phenoxy) is 1. The molecule has 0 aliphatic carbocycles. The third kappa shape index (κ3) is 5.21. The van der Waals surface area contributed by atoms with Crippen molar-refractivity contribution in [3.63, 3.8) is 0 Å². The van der Waals surface area contributed by atoms with Gasteiger partial charge in [-0.3, -0.25) is 4.79 Å². The Morgan fingerprint density at radius 2 is 1.96 bits per heavy atom. The average molecular weight is 383 g/mol. The summed E-state index contributed by atoms with van der Waals surface area (Å²) >= 11 is 5.84. The van der Waals surface area contributed by atoms with Crippen molar-refractivity contribution >= 4 is 40.5 Å². The second-order valence-corrected chi connectivity index (χ2v) is 6.50. The van der Waals surface area contributed by atoms with E-state index in [1.807, 2.05) is 30.5 Å². The zero-order valence-corrected chi connectivity index (χ0v) is 15.5. The number of carbonyl (C=O) groups is 2. The molecule has 0 radical (unpaired) electrons. The van der Waals surface area contributed by atoms with Gasteiger partial charge in [-0.15, -0.1) is 0 Å². The highest BCUT2D eigenvalue weighted by molar-refractivity contribution is 6.30. The summed E-state index contributed by atoms with van der Waals surface area (Å²) in [7, 11) is 0. The lowest BCUT2D eigenvalue weighted by atomic mass is 10.1. The van der Waals surface area contributed by atoms with Gasteiger partial charge >= 0.3 is 5.97 Å². The number of fused-ring (bicyclic) bond motifs is 1. The van der Waals surface area contributed by atoms with Crippen LogP contribution in [0.15, 0.2) is 54.7 Å². The molecule has 27 heavy (non-hydrogen) atoms. The second-order valence-electron chi connectivity index (χ2n) is 6.06. The summed E-state index contributed by atoms with van der Waals surface area (Å²) in [6, 6.07) is 12.6. The van der Waals surface area contributed by atoms with Crippen LogP contribution in [-0.4, -0.2) is 23.4 Å². The molecule has 138 valence electrons. The molecular weight excluding hydrogens is 364 g/mol. The van der Waals surface area contributed by atoms with Crippen LogP contribution in [0.25, 0.3) is 17.0 Å². The molecule has 6 heteroatoms. The van der Waals surface area contributed by atoms with Gasteiger partial charge in [-0.05, 0) is 54.0 Å². The molecular formula is C21H19ClN2O3. The molecule has 0 aliphatic heterocycles. The fraction of sp³-hybridized carbons (Fsp3) is 0.143. The van der Waals surface area contributed by atoms with Gasteiger partial charge in [0, 0.05) is 41.7 Å². The summed E-state index contributed by atoms with van der Waals surface area (Å²) in [6.45, 7) is 2.04. The number of esters is 1. The van der Waals surface area contributed by atoms with Crippen LogP contribution in [-0.2, 0) is 16.0 Å². The SMILES string of the molecule is CC(=O)NCCc1c[nH]c2ccc(OC(=O)/C=C/c3ccc(Cl)cc3)cc12. The molecule has 3 aromatic rings. The Bertz CT molecular complexity index is 990. The first-order valence-corrected chi connectivity index (χ1v) is 8.89. The van der Waals surface area contributed by atoms with E-state index in [1.54, 1.807) is 24.3 Å². The lowest BCUT2D eigenvalue weighted by Gasteiger charge is -2.04. The summed E-state index contributed by atoms with van der Waals surface area (Å²) in [6.07, 6.45) is 5.64. The van der Waals surface area contributed by atoms with Crippen molar-refractivity contribution in [2.24, 2.45) is 0 Å². The van der Waals surface area contributed by atoms with Crippen LogP contribution < -0.4 is 10.1 Å². The molecule has 0 atom stereocenters. The van der Waals surface area contributed by atoms with Gasteiger partial charge in [-0.2, -0.15) is 0 Å². The van der Waals surface area contributed by atoms with Gasteiger partial charge in [0.25, 0.3) is 0 Å². The second kappa shape index (κ2) is 8.56. The van der Waals surface area contributed by atoms with E-state index in [9.17, 15) is 9.59 Å². The topological polar surface area (TPSA) is 71.2 Å². The van der Waals surface area contributed by atoms with Crippen molar-refractivity contribution < 1.29 is 14.3 Å². The molecule has 0 aliphatic rings. The van der Waals surface area contributed by atoms with E-state index in [-0.39, 0.29) is 5.91 Å². The largest absolute Gasteiger partial charge is 0.423 e. The van der Waals surface area contributed by atoms with Crippen LogP contribution in [0.4, 0.5) is 0 Å². The van der Waals surface area contributed by atoms with Crippen molar-refractivity contribution in [2.75, 3.05) is 6.54 Å².